The van der Waals surface area contributed by atoms with Crippen molar-refractivity contribution in [2.75, 3.05) is 5.43 Å². The second kappa shape index (κ2) is 4.80. The summed E-state index contributed by atoms with van der Waals surface area (Å²) in [5.41, 5.74) is 1.86. The number of hydrogen-bond donors (Lipinski definition) is 2. The monoisotopic (exact) mass is 230 g/mol. The Balaban J connectivity index is 3.16. The zero-order valence-electron chi connectivity index (χ0n) is 8.08. The SMILES string of the molecule is NNc1cc(C(F)(F)F)ccc1C=CC=O. The van der Waals surface area contributed by atoms with Crippen molar-refractivity contribution in [1.29, 1.82) is 0 Å². The van der Waals surface area contributed by atoms with Gasteiger partial charge in [0.1, 0.15) is 6.29 Å². The molecule has 0 unspecified atom stereocenters. The molecule has 0 saturated heterocycles. The van der Waals surface area contributed by atoms with Crippen LogP contribution in [0.2, 0.25) is 0 Å². The third-order valence-corrected chi connectivity index (χ3v) is 1.89. The first-order valence-corrected chi connectivity index (χ1v) is 4.28. The van der Waals surface area contributed by atoms with E-state index in [-0.39, 0.29) is 5.69 Å². The van der Waals surface area contributed by atoms with Gasteiger partial charge in [0.05, 0.1) is 11.3 Å². The highest BCUT2D eigenvalue weighted by atomic mass is 19.4. The Kier molecular flexibility index (Phi) is 3.68. The average Bonchev–Trinajstić information content (AvgIpc) is 2.24. The molecule has 0 aliphatic heterocycles. The Bertz CT molecular complexity index is 413. The van der Waals surface area contributed by atoms with Crippen molar-refractivity contribution >= 4 is 18.0 Å². The molecule has 1 aromatic rings. The Labute approximate surface area is 89.7 Å². The van der Waals surface area contributed by atoms with E-state index in [0.29, 0.717) is 11.8 Å². The lowest BCUT2D eigenvalue weighted by Crippen LogP contribution is -2.11. The molecular weight excluding hydrogens is 221 g/mol. The molecule has 0 aromatic heterocycles. The van der Waals surface area contributed by atoms with Gasteiger partial charge in [-0.25, -0.2) is 0 Å². The minimum absolute atomic E-state index is 0.105. The van der Waals surface area contributed by atoms with Gasteiger partial charge in [-0.15, -0.1) is 0 Å². The Morgan fingerprint density at radius 3 is 2.50 bits per heavy atom. The molecule has 86 valence electrons. The third kappa shape index (κ3) is 2.83. The molecular formula is C10H9F3N2O. The Morgan fingerprint density at radius 2 is 2.00 bits per heavy atom. The molecule has 0 aliphatic rings. The van der Waals surface area contributed by atoms with Gasteiger partial charge >= 0.3 is 6.18 Å². The van der Waals surface area contributed by atoms with Gasteiger partial charge in [0, 0.05) is 0 Å². The summed E-state index contributed by atoms with van der Waals surface area (Å²) in [6.07, 6.45) is -1.36. The van der Waals surface area contributed by atoms with Gasteiger partial charge in [-0.2, -0.15) is 13.2 Å². The van der Waals surface area contributed by atoms with Gasteiger partial charge in [-0.05, 0) is 29.8 Å². The van der Waals surface area contributed by atoms with E-state index in [4.69, 9.17) is 5.84 Å². The molecule has 6 heteroatoms. The highest BCUT2D eigenvalue weighted by Gasteiger charge is 2.30. The quantitative estimate of drug-likeness (QED) is 0.362. The van der Waals surface area contributed by atoms with E-state index >= 15 is 0 Å². The van der Waals surface area contributed by atoms with Gasteiger partial charge in [-0.3, -0.25) is 10.6 Å². The third-order valence-electron chi connectivity index (χ3n) is 1.89. The predicted octanol–water partition coefficient (Wildman–Crippen LogP) is 2.20. The number of nitrogens with one attached hydrogen (secondary N) is 1. The highest BCUT2D eigenvalue weighted by Crippen LogP contribution is 2.32. The maximum Gasteiger partial charge on any atom is 0.416 e. The van der Waals surface area contributed by atoms with Gasteiger partial charge in [0.2, 0.25) is 0 Å². The van der Waals surface area contributed by atoms with Crippen molar-refractivity contribution in [2.45, 2.75) is 6.18 Å². The number of rotatable bonds is 3. The number of hydrazine groups is 1. The van der Waals surface area contributed by atoms with Crippen molar-refractivity contribution in [3.05, 3.63) is 35.4 Å². The van der Waals surface area contributed by atoms with Gasteiger partial charge in [0.15, 0.2) is 0 Å². The second-order valence-electron chi connectivity index (χ2n) is 2.94. The lowest BCUT2D eigenvalue weighted by molar-refractivity contribution is -0.137. The summed E-state index contributed by atoms with van der Waals surface area (Å²) in [6.45, 7) is 0. The highest BCUT2D eigenvalue weighted by molar-refractivity contribution is 5.78. The largest absolute Gasteiger partial charge is 0.416 e. The van der Waals surface area contributed by atoms with Crippen LogP contribution in [0.5, 0.6) is 0 Å². The molecule has 0 atom stereocenters. The van der Waals surface area contributed by atoms with E-state index in [1.54, 1.807) is 0 Å². The summed E-state index contributed by atoms with van der Waals surface area (Å²) < 4.78 is 37.0. The van der Waals surface area contributed by atoms with Crippen molar-refractivity contribution in [1.82, 2.24) is 0 Å². The number of nitrogen functional groups attached to an aromatic ring is 1. The van der Waals surface area contributed by atoms with Crippen LogP contribution in [0.4, 0.5) is 18.9 Å². The summed E-state index contributed by atoms with van der Waals surface area (Å²) in [4.78, 5) is 10.1. The maximum atomic E-state index is 12.3. The first kappa shape index (κ1) is 12.3. The first-order valence-electron chi connectivity index (χ1n) is 4.28. The summed E-state index contributed by atoms with van der Waals surface area (Å²) >= 11 is 0. The lowest BCUT2D eigenvalue weighted by Gasteiger charge is -2.10. The van der Waals surface area contributed by atoms with Crippen molar-refractivity contribution in [3.8, 4) is 0 Å². The topological polar surface area (TPSA) is 55.1 Å². The summed E-state index contributed by atoms with van der Waals surface area (Å²) in [5.74, 6) is 5.09. The van der Waals surface area contributed by atoms with Crippen LogP contribution >= 0.6 is 0 Å². The zero-order valence-corrected chi connectivity index (χ0v) is 8.08. The summed E-state index contributed by atoms with van der Waals surface area (Å²) in [5, 5.41) is 0. The fraction of sp³-hybridized carbons (Fsp3) is 0.100. The van der Waals surface area contributed by atoms with Crippen molar-refractivity contribution in [3.63, 3.8) is 0 Å². The van der Waals surface area contributed by atoms with Crippen LogP contribution in [0.15, 0.2) is 24.3 Å². The molecule has 0 bridgehead atoms. The van der Waals surface area contributed by atoms with E-state index in [1.165, 1.54) is 18.2 Å². The number of allylic oxidation sites excluding steroid dienone is 1. The minimum atomic E-state index is -4.42. The standard InChI is InChI=1S/C10H9F3N2O/c11-10(12,13)8-4-3-7(2-1-5-16)9(6-8)15-14/h1-6,15H,14H2. The molecule has 16 heavy (non-hydrogen) atoms. The maximum absolute atomic E-state index is 12.3. The van der Waals surface area contributed by atoms with E-state index in [0.717, 1.165) is 12.1 Å². The van der Waals surface area contributed by atoms with Crippen LogP contribution in [0.1, 0.15) is 11.1 Å². The predicted molar refractivity (Wildman–Crippen MR) is 54.4 cm³/mol. The second-order valence-corrected chi connectivity index (χ2v) is 2.94. The number of halogens is 3. The zero-order chi connectivity index (χ0) is 12.2. The number of carbonyl (C=O) groups is 1. The summed E-state index contributed by atoms with van der Waals surface area (Å²) in [7, 11) is 0. The number of aldehydes is 1. The minimum Gasteiger partial charge on any atom is -0.324 e. The molecule has 1 aromatic carbocycles. The Morgan fingerprint density at radius 1 is 1.31 bits per heavy atom. The van der Waals surface area contributed by atoms with Crippen molar-refractivity contribution in [2.24, 2.45) is 5.84 Å². The first-order chi connectivity index (χ1) is 7.49. The van der Waals surface area contributed by atoms with Crippen LogP contribution < -0.4 is 11.3 Å². The molecule has 3 nitrogen and oxygen atoms in total. The molecule has 0 spiro atoms. The van der Waals surface area contributed by atoms with Gasteiger partial charge < -0.3 is 5.43 Å². The van der Waals surface area contributed by atoms with Crippen LogP contribution in [-0.2, 0) is 11.0 Å². The molecule has 0 heterocycles. The number of hydrogen-bond acceptors (Lipinski definition) is 3. The smallest absolute Gasteiger partial charge is 0.324 e. The average molecular weight is 230 g/mol. The van der Waals surface area contributed by atoms with Crippen molar-refractivity contribution < 1.29 is 18.0 Å². The fourth-order valence-corrected chi connectivity index (χ4v) is 1.15. The van der Waals surface area contributed by atoms with Gasteiger partial charge in [0.25, 0.3) is 0 Å². The summed E-state index contributed by atoms with van der Waals surface area (Å²) in [6, 6.07) is 3.04. The Hall–Kier alpha value is -1.82. The van der Waals surface area contributed by atoms with E-state index in [2.05, 4.69) is 5.43 Å². The molecule has 0 aliphatic carbocycles. The van der Waals surface area contributed by atoms with Crippen LogP contribution in [0.25, 0.3) is 6.08 Å². The molecule has 1 rings (SSSR count). The molecule has 0 radical (unpaired) electrons. The molecule has 0 fully saturated rings. The fourth-order valence-electron chi connectivity index (χ4n) is 1.15. The van der Waals surface area contributed by atoms with Crippen LogP contribution in [0.3, 0.4) is 0 Å². The number of nitrogens with two attached hydrogens (primary N) is 1. The number of alkyl halides is 3. The number of benzene rings is 1. The van der Waals surface area contributed by atoms with Gasteiger partial charge in [-0.1, -0.05) is 6.07 Å². The molecule has 3 N–H and O–H groups in total. The molecule has 0 amide bonds. The lowest BCUT2D eigenvalue weighted by atomic mass is 10.1. The normalized spacial score (nSPS) is 11.8. The van der Waals surface area contributed by atoms with E-state index in [1.807, 2.05) is 0 Å². The number of anilines is 1. The van der Waals surface area contributed by atoms with Crippen LogP contribution in [-0.4, -0.2) is 6.29 Å². The van der Waals surface area contributed by atoms with Crippen LogP contribution in [0, 0.1) is 0 Å². The van der Waals surface area contributed by atoms with E-state index in [9.17, 15) is 18.0 Å². The number of carbonyl (C=O) groups excluding carboxylic acids is 1. The van der Waals surface area contributed by atoms with E-state index < -0.39 is 11.7 Å². The molecule has 0 saturated carbocycles.